The van der Waals surface area contributed by atoms with E-state index in [1.54, 1.807) is 11.9 Å². The van der Waals surface area contributed by atoms with Crippen molar-refractivity contribution in [3.8, 4) is 11.5 Å². The van der Waals surface area contributed by atoms with E-state index in [0.717, 1.165) is 28.2 Å². The molecule has 0 radical (unpaired) electrons. The van der Waals surface area contributed by atoms with E-state index in [1.165, 1.54) is 0 Å². The number of benzene rings is 2. The zero-order valence-electron chi connectivity index (χ0n) is 17.9. The van der Waals surface area contributed by atoms with Crippen LogP contribution in [-0.2, 0) is 22.6 Å². The first-order valence-electron chi connectivity index (χ1n) is 10.5. The number of fused-ring (bicyclic) bond motifs is 1. The lowest BCUT2D eigenvalue weighted by molar-refractivity contribution is -0.141. The molecule has 0 aromatic heterocycles. The average Bonchev–Trinajstić information content (AvgIpc) is 2.78. The van der Waals surface area contributed by atoms with Gasteiger partial charge in [0, 0.05) is 20.0 Å². The predicted octanol–water partition coefficient (Wildman–Crippen LogP) is 3.25. The van der Waals surface area contributed by atoms with Gasteiger partial charge < -0.3 is 19.7 Å². The summed E-state index contributed by atoms with van der Waals surface area (Å²) >= 11 is 0. The van der Waals surface area contributed by atoms with Crippen LogP contribution in [0.4, 0.5) is 0 Å². The lowest BCUT2D eigenvalue weighted by atomic mass is 10.0. The van der Waals surface area contributed by atoms with Crippen molar-refractivity contribution in [3.05, 3.63) is 59.2 Å². The first-order chi connectivity index (χ1) is 14.5. The molecule has 6 nitrogen and oxygen atoms in total. The van der Waals surface area contributed by atoms with E-state index in [2.05, 4.69) is 5.32 Å². The van der Waals surface area contributed by atoms with Crippen molar-refractivity contribution in [2.75, 3.05) is 20.3 Å². The molecule has 0 spiro atoms. The number of ether oxygens (including phenoxy) is 2. The molecule has 0 fully saturated rings. The molecule has 30 heavy (non-hydrogen) atoms. The first-order valence-corrected chi connectivity index (χ1v) is 10.5. The number of hydrogen-bond donors (Lipinski definition) is 1. The molecule has 1 N–H and O–H groups in total. The van der Waals surface area contributed by atoms with Crippen LogP contribution in [0.2, 0.25) is 0 Å². The lowest BCUT2D eigenvalue weighted by Gasteiger charge is -2.31. The average molecular weight is 411 g/mol. The summed E-state index contributed by atoms with van der Waals surface area (Å²) in [5.74, 6) is 1.28. The fraction of sp³-hybridized carbons (Fsp3) is 0.417. The van der Waals surface area contributed by atoms with Gasteiger partial charge in [-0.25, -0.2) is 0 Å². The van der Waals surface area contributed by atoms with Gasteiger partial charge in [0.05, 0.1) is 0 Å². The number of hydrogen-bond acceptors (Lipinski definition) is 4. The molecule has 2 aromatic rings. The Balaban J connectivity index is 1.75. The van der Waals surface area contributed by atoms with Gasteiger partial charge in [0.25, 0.3) is 0 Å². The fourth-order valence-corrected chi connectivity index (χ4v) is 3.70. The highest BCUT2D eigenvalue weighted by atomic mass is 16.6. The minimum absolute atomic E-state index is 0.0383. The van der Waals surface area contributed by atoms with E-state index in [9.17, 15) is 9.59 Å². The molecular weight excluding hydrogens is 380 g/mol. The van der Waals surface area contributed by atoms with Gasteiger partial charge in [-0.2, -0.15) is 0 Å². The molecule has 0 aliphatic carbocycles. The van der Waals surface area contributed by atoms with E-state index < -0.39 is 6.04 Å². The van der Waals surface area contributed by atoms with Crippen molar-refractivity contribution in [2.45, 2.75) is 45.7 Å². The molecule has 1 unspecified atom stereocenters. The smallest absolute Gasteiger partial charge is 0.242 e. The van der Waals surface area contributed by atoms with Gasteiger partial charge >= 0.3 is 0 Å². The van der Waals surface area contributed by atoms with E-state index >= 15 is 0 Å². The van der Waals surface area contributed by atoms with Gasteiger partial charge in [0.1, 0.15) is 19.3 Å². The second kappa shape index (κ2) is 10.1. The SMILES string of the molecule is CCC(C(=O)NC)N(Cc1ccccc1C)C(=O)CCc1ccc2c(c1)OCCO2. The quantitative estimate of drug-likeness (QED) is 0.725. The highest BCUT2D eigenvalue weighted by molar-refractivity contribution is 5.87. The number of nitrogens with one attached hydrogen (secondary N) is 1. The number of nitrogens with zero attached hydrogens (tertiary/aromatic N) is 1. The molecule has 0 saturated heterocycles. The van der Waals surface area contributed by atoms with Crippen molar-refractivity contribution in [3.63, 3.8) is 0 Å². The Hall–Kier alpha value is -3.02. The Kier molecular flexibility index (Phi) is 7.33. The minimum Gasteiger partial charge on any atom is -0.486 e. The Labute approximate surface area is 178 Å². The van der Waals surface area contributed by atoms with E-state index in [4.69, 9.17) is 9.47 Å². The third-order valence-corrected chi connectivity index (χ3v) is 5.47. The molecule has 0 saturated carbocycles. The van der Waals surface area contributed by atoms with Crippen LogP contribution in [0.15, 0.2) is 42.5 Å². The number of carbonyl (C=O) groups excluding carboxylic acids is 2. The van der Waals surface area contributed by atoms with Gasteiger partial charge in [-0.3, -0.25) is 9.59 Å². The number of carbonyl (C=O) groups is 2. The van der Waals surface area contributed by atoms with Gasteiger partial charge in [-0.05, 0) is 48.6 Å². The fourth-order valence-electron chi connectivity index (χ4n) is 3.70. The first kappa shape index (κ1) is 21.7. The molecule has 160 valence electrons. The minimum atomic E-state index is -0.498. The molecule has 1 heterocycles. The van der Waals surface area contributed by atoms with Crippen LogP contribution < -0.4 is 14.8 Å². The maximum Gasteiger partial charge on any atom is 0.242 e. The summed E-state index contributed by atoms with van der Waals surface area (Å²) < 4.78 is 11.2. The Morgan fingerprint density at radius 3 is 2.53 bits per heavy atom. The van der Waals surface area contributed by atoms with Crippen LogP contribution in [0.25, 0.3) is 0 Å². The van der Waals surface area contributed by atoms with E-state index in [0.29, 0.717) is 39.0 Å². The van der Waals surface area contributed by atoms with Crippen molar-refractivity contribution in [1.29, 1.82) is 0 Å². The van der Waals surface area contributed by atoms with Crippen molar-refractivity contribution < 1.29 is 19.1 Å². The molecule has 2 amide bonds. The summed E-state index contributed by atoms with van der Waals surface area (Å²) in [4.78, 5) is 27.4. The maximum absolute atomic E-state index is 13.2. The van der Waals surface area contributed by atoms with Crippen LogP contribution in [0, 0.1) is 6.92 Å². The highest BCUT2D eigenvalue weighted by Gasteiger charge is 2.28. The van der Waals surface area contributed by atoms with Crippen LogP contribution in [-0.4, -0.2) is 43.0 Å². The zero-order chi connectivity index (χ0) is 21.5. The highest BCUT2D eigenvalue weighted by Crippen LogP contribution is 2.31. The predicted molar refractivity (Wildman–Crippen MR) is 116 cm³/mol. The van der Waals surface area contributed by atoms with Crippen LogP contribution >= 0.6 is 0 Å². The van der Waals surface area contributed by atoms with Gasteiger partial charge in [0.15, 0.2) is 11.5 Å². The number of amides is 2. The van der Waals surface area contributed by atoms with Crippen molar-refractivity contribution in [2.24, 2.45) is 0 Å². The Bertz CT molecular complexity index is 897. The molecule has 6 heteroatoms. The largest absolute Gasteiger partial charge is 0.486 e. The third kappa shape index (κ3) is 5.12. The van der Waals surface area contributed by atoms with E-state index in [1.807, 2.05) is 56.3 Å². The van der Waals surface area contributed by atoms with Gasteiger partial charge in [0.2, 0.25) is 11.8 Å². The second-order valence-corrected chi connectivity index (χ2v) is 7.46. The summed E-state index contributed by atoms with van der Waals surface area (Å²) in [7, 11) is 1.61. The number of aryl methyl sites for hydroxylation is 2. The summed E-state index contributed by atoms with van der Waals surface area (Å²) in [5.41, 5.74) is 3.16. The molecule has 1 atom stereocenters. The van der Waals surface area contributed by atoms with Crippen molar-refractivity contribution in [1.82, 2.24) is 10.2 Å². The van der Waals surface area contributed by atoms with Gasteiger partial charge in [-0.15, -0.1) is 0 Å². The monoisotopic (exact) mass is 410 g/mol. The van der Waals surface area contributed by atoms with Crippen LogP contribution in [0.3, 0.4) is 0 Å². The van der Waals surface area contributed by atoms with Gasteiger partial charge in [-0.1, -0.05) is 37.3 Å². The van der Waals surface area contributed by atoms with Crippen LogP contribution in [0.1, 0.15) is 36.5 Å². The molecule has 1 aliphatic heterocycles. The standard InChI is InChI=1S/C24H30N2O4/c1-4-20(24(28)25-3)26(16-19-8-6-5-7-17(19)2)23(27)12-10-18-9-11-21-22(15-18)30-14-13-29-21/h5-9,11,15,20H,4,10,12-14,16H2,1-3H3,(H,25,28). The molecule has 0 bridgehead atoms. The topological polar surface area (TPSA) is 67.9 Å². The molecule has 3 rings (SSSR count). The summed E-state index contributed by atoms with van der Waals surface area (Å²) in [6, 6.07) is 13.2. The molecule has 1 aliphatic rings. The Morgan fingerprint density at radius 1 is 1.10 bits per heavy atom. The maximum atomic E-state index is 13.2. The number of rotatable bonds is 8. The van der Waals surface area contributed by atoms with E-state index in [-0.39, 0.29) is 11.8 Å². The molecular formula is C24H30N2O4. The van der Waals surface area contributed by atoms with Crippen molar-refractivity contribution >= 4 is 11.8 Å². The summed E-state index contributed by atoms with van der Waals surface area (Å²) in [5, 5.41) is 2.70. The lowest BCUT2D eigenvalue weighted by Crippen LogP contribution is -2.48. The molecule has 2 aromatic carbocycles. The Morgan fingerprint density at radius 2 is 1.83 bits per heavy atom. The summed E-state index contributed by atoms with van der Waals surface area (Å²) in [6.07, 6.45) is 1.45. The summed E-state index contributed by atoms with van der Waals surface area (Å²) in [6.45, 7) is 5.45. The normalized spacial score (nSPS) is 13.4. The third-order valence-electron chi connectivity index (χ3n) is 5.47. The van der Waals surface area contributed by atoms with Crippen LogP contribution in [0.5, 0.6) is 11.5 Å². The zero-order valence-corrected chi connectivity index (χ0v) is 17.9. The second-order valence-electron chi connectivity index (χ2n) is 7.46. The number of likely N-dealkylation sites (N-methyl/N-ethyl adjacent to an activating group) is 1.